The van der Waals surface area contributed by atoms with Crippen molar-refractivity contribution in [3.8, 4) is 0 Å². The molecule has 1 aliphatic heterocycles. The lowest BCUT2D eigenvalue weighted by Gasteiger charge is -2.29. The zero-order valence-corrected chi connectivity index (χ0v) is 13.9. The second-order valence-electron chi connectivity index (χ2n) is 5.55. The fourth-order valence-electron chi connectivity index (χ4n) is 2.53. The monoisotopic (exact) mass is 343 g/mol. The summed E-state index contributed by atoms with van der Waals surface area (Å²) in [6.07, 6.45) is 1.38. The molecule has 0 spiro atoms. The number of hydrogen-bond acceptors (Lipinski definition) is 3. The molecule has 1 heterocycles. The highest BCUT2D eigenvalue weighted by Crippen LogP contribution is 2.32. The lowest BCUT2D eigenvalue weighted by atomic mass is 9.96. The van der Waals surface area contributed by atoms with E-state index in [1.807, 2.05) is 11.8 Å². The molecule has 1 aromatic rings. The first-order chi connectivity index (χ1) is 10.4. The van der Waals surface area contributed by atoms with Gasteiger partial charge in [0.15, 0.2) is 0 Å². The summed E-state index contributed by atoms with van der Waals surface area (Å²) < 4.78 is 0. The van der Waals surface area contributed by atoms with Gasteiger partial charge in [-0.2, -0.15) is 0 Å². The Hall–Kier alpha value is -1.30. The van der Waals surface area contributed by atoms with Gasteiger partial charge in [0.25, 0.3) is 0 Å². The number of piperidine rings is 1. The molecule has 0 unspecified atom stereocenters. The lowest BCUT2D eigenvalue weighted by molar-refractivity contribution is -0.123. The predicted octanol–water partition coefficient (Wildman–Crippen LogP) is 2.44. The molecule has 1 aliphatic rings. The van der Waals surface area contributed by atoms with Gasteiger partial charge >= 0.3 is 0 Å². The number of benzene rings is 1. The van der Waals surface area contributed by atoms with Crippen LogP contribution in [0.2, 0.25) is 10.0 Å². The Balaban J connectivity index is 1.92. The molecule has 1 saturated heterocycles. The van der Waals surface area contributed by atoms with Crippen LogP contribution in [0.3, 0.4) is 0 Å². The van der Waals surface area contributed by atoms with Gasteiger partial charge in [0, 0.05) is 5.92 Å². The molecule has 2 rings (SSSR count). The van der Waals surface area contributed by atoms with E-state index in [1.54, 1.807) is 12.1 Å². The Labute approximate surface area is 139 Å². The van der Waals surface area contributed by atoms with Gasteiger partial charge in [0.05, 0.1) is 22.3 Å². The zero-order valence-electron chi connectivity index (χ0n) is 12.4. The van der Waals surface area contributed by atoms with E-state index in [2.05, 4.69) is 5.32 Å². The summed E-state index contributed by atoms with van der Waals surface area (Å²) in [5.74, 6) is -0.519. The van der Waals surface area contributed by atoms with Gasteiger partial charge in [-0.15, -0.1) is 0 Å². The quantitative estimate of drug-likeness (QED) is 0.881. The number of hydrogen-bond donors (Lipinski definition) is 2. The van der Waals surface area contributed by atoms with Crippen LogP contribution in [0.4, 0.5) is 5.69 Å². The van der Waals surface area contributed by atoms with Crippen LogP contribution in [0.25, 0.3) is 0 Å². The SMILES string of the molecule is Cc1ccc(Cl)c(NC(=O)CN2CCC(C(N)=O)CC2)c1Cl. The van der Waals surface area contributed by atoms with E-state index in [-0.39, 0.29) is 24.3 Å². The van der Waals surface area contributed by atoms with Gasteiger partial charge in [-0.3, -0.25) is 14.5 Å². The maximum atomic E-state index is 12.2. The van der Waals surface area contributed by atoms with Crippen LogP contribution in [0.15, 0.2) is 12.1 Å². The minimum Gasteiger partial charge on any atom is -0.369 e. The first kappa shape index (κ1) is 17.1. The Morgan fingerprint density at radius 1 is 1.32 bits per heavy atom. The van der Waals surface area contributed by atoms with E-state index in [9.17, 15) is 9.59 Å². The molecule has 7 heteroatoms. The van der Waals surface area contributed by atoms with Crippen molar-refractivity contribution in [1.82, 2.24) is 4.90 Å². The molecule has 0 bridgehead atoms. The van der Waals surface area contributed by atoms with Crippen LogP contribution < -0.4 is 11.1 Å². The first-order valence-electron chi connectivity index (χ1n) is 7.14. The normalized spacial score (nSPS) is 16.5. The molecule has 2 amide bonds. The Morgan fingerprint density at radius 3 is 2.55 bits per heavy atom. The summed E-state index contributed by atoms with van der Waals surface area (Å²) in [5, 5.41) is 3.63. The number of nitrogens with two attached hydrogens (primary N) is 1. The molecule has 1 aromatic carbocycles. The summed E-state index contributed by atoms with van der Waals surface area (Å²) in [6, 6.07) is 3.51. The second-order valence-corrected chi connectivity index (χ2v) is 6.34. The van der Waals surface area contributed by atoms with E-state index in [1.165, 1.54) is 0 Å². The zero-order chi connectivity index (χ0) is 16.3. The number of carbonyl (C=O) groups excluding carboxylic acids is 2. The van der Waals surface area contributed by atoms with Crippen molar-refractivity contribution >= 4 is 40.7 Å². The predicted molar refractivity (Wildman–Crippen MR) is 88.2 cm³/mol. The molecule has 0 radical (unpaired) electrons. The third kappa shape index (κ3) is 4.12. The highest BCUT2D eigenvalue weighted by atomic mass is 35.5. The van der Waals surface area contributed by atoms with E-state index >= 15 is 0 Å². The molecular weight excluding hydrogens is 325 g/mol. The summed E-state index contributed by atoms with van der Waals surface area (Å²) in [6.45, 7) is 3.45. The number of nitrogens with one attached hydrogen (secondary N) is 1. The average Bonchev–Trinajstić information content (AvgIpc) is 2.48. The number of primary amides is 1. The van der Waals surface area contributed by atoms with Crippen LogP contribution in [0, 0.1) is 12.8 Å². The molecule has 22 heavy (non-hydrogen) atoms. The maximum absolute atomic E-state index is 12.2. The van der Waals surface area contributed by atoms with Crippen LogP contribution in [0.5, 0.6) is 0 Å². The van der Waals surface area contributed by atoms with Gasteiger partial charge in [-0.1, -0.05) is 29.3 Å². The number of rotatable bonds is 4. The van der Waals surface area contributed by atoms with Crippen molar-refractivity contribution in [2.75, 3.05) is 25.0 Å². The minimum atomic E-state index is -0.262. The van der Waals surface area contributed by atoms with Crippen LogP contribution in [-0.2, 0) is 9.59 Å². The van der Waals surface area contributed by atoms with Crippen LogP contribution in [-0.4, -0.2) is 36.3 Å². The van der Waals surface area contributed by atoms with Crippen molar-refractivity contribution in [2.24, 2.45) is 11.7 Å². The molecule has 0 saturated carbocycles. The van der Waals surface area contributed by atoms with Gasteiger partial charge < -0.3 is 11.1 Å². The number of aryl methyl sites for hydroxylation is 1. The molecule has 5 nitrogen and oxygen atoms in total. The second kappa shape index (κ2) is 7.31. The average molecular weight is 344 g/mol. The Kier molecular flexibility index (Phi) is 5.67. The van der Waals surface area contributed by atoms with E-state index in [0.29, 0.717) is 41.7 Å². The fraction of sp³-hybridized carbons (Fsp3) is 0.467. The number of anilines is 1. The molecule has 3 N–H and O–H groups in total. The third-order valence-corrected chi connectivity index (χ3v) is 4.71. The topological polar surface area (TPSA) is 75.4 Å². The van der Waals surface area contributed by atoms with E-state index < -0.39 is 0 Å². The number of likely N-dealkylation sites (tertiary alicyclic amines) is 1. The first-order valence-corrected chi connectivity index (χ1v) is 7.90. The molecule has 0 aromatic heterocycles. The van der Waals surface area contributed by atoms with E-state index in [4.69, 9.17) is 28.9 Å². The third-order valence-electron chi connectivity index (χ3n) is 3.91. The lowest BCUT2D eigenvalue weighted by Crippen LogP contribution is -2.42. The van der Waals surface area contributed by atoms with Gasteiger partial charge in [0.1, 0.15) is 0 Å². The van der Waals surface area contributed by atoms with Gasteiger partial charge in [-0.25, -0.2) is 0 Å². The summed E-state index contributed by atoms with van der Waals surface area (Å²) in [7, 11) is 0. The number of amides is 2. The molecule has 0 atom stereocenters. The molecule has 120 valence electrons. The molecular formula is C15H19Cl2N3O2. The van der Waals surface area contributed by atoms with Crippen LogP contribution >= 0.6 is 23.2 Å². The summed E-state index contributed by atoms with van der Waals surface area (Å²) in [4.78, 5) is 25.3. The Bertz CT molecular complexity index is 584. The van der Waals surface area contributed by atoms with Crippen LogP contribution in [0.1, 0.15) is 18.4 Å². The molecule has 1 fully saturated rings. The highest BCUT2D eigenvalue weighted by Gasteiger charge is 2.24. The maximum Gasteiger partial charge on any atom is 0.238 e. The van der Waals surface area contributed by atoms with Crippen molar-refractivity contribution in [2.45, 2.75) is 19.8 Å². The van der Waals surface area contributed by atoms with Crippen molar-refractivity contribution in [3.63, 3.8) is 0 Å². The van der Waals surface area contributed by atoms with Crippen molar-refractivity contribution in [1.29, 1.82) is 0 Å². The summed E-state index contributed by atoms with van der Waals surface area (Å²) >= 11 is 12.3. The summed E-state index contributed by atoms with van der Waals surface area (Å²) in [5.41, 5.74) is 6.59. The van der Waals surface area contributed by atoms with Gasteiger partial charge in [0.2, 0.25) is 11.8 Å². The number of nitrogens with zero attached hydrogens (tertiary/aromatic N) is 1. The van der Waals surface area contributed by atoms with Gasteiger partial charge in [-0.05, 0) is 44.5 Å². The Morgan fingerprint density at radius 2 is 1.95 bits per heavy atom. The highest BCUT2D eigenvalue weighted by molar-refractivity contribution is 6.40. The number of halogens is 2. The minimum absolute atomic E-state index is 0.0834. The number of carbonyl (C=O) groups is 2. The largest absolute Gasteiger partial charge is 0.369 e. The fourth-order valence-corrected chi connectivity index (χ4v) is 2.99. The standard InChI is InChI=1S/C15H19Cl2N3O2/c1-9-2-3-11(16)14(13(9)17)19-12(21)8-20-6-4-10(5-7-20)15(18)22/h2-3,10H,4-8H2,1H3,(H2,18,22)(H,19,21). The van der Waals surface area contributed by atoms with Crippen molar-refractivity contribution < 1.29 is 9.59 Å². The smallest absolute Gasteiger partial charge is 0.238 e. The molecule has 0 aliphatic carbocycles. The van der Waals surface area contributed by atoms with Crippen molar-refractivity contribution in [3.05, 3.63) is 27.7 Å². The van der Waals surface area contributed by atoms with E-state index in [0.717, 1.165) is 5.56 Å².